The van der Waals surface area contributed by atoms with E-state index in [2.05, 4.69) is 38.0 Å². The van der Waals surface area contributed by atoms with Crippen molar-refractivity contribution in [1.82, 2.24) is 9.88 Å². The Balaban J connectivity index is 0.00000180. The second-order valence-electron chi connectivity index (χ2n) is 6.54. The van der Waals surface area contributed by atoms with Gasteiger partial charge in [-0.15, -0.1) is 23.7 Å². The summed E-state index contributed by atoms with van der Waals surface area (Å²) in [5.41, 5.74) is 7.36. The summed E-state index contributed by atoms with van der Waals surface area (Å²) in [5, 5.41) is 3.44. The third kappa shape index (κ3) is 4.42. The number of nitrogens with zero attached hydrogens (tertiary/aromatic N) is 2. The fourth-order valence-corrected chi connectivity index (χ4v) is 3.29. The summed E-state index contributed by atoms with van der Waals surface area (Å²) in [5.74, 6) is 0.658. The molecular formula is C14H26ClN3S. The predicted octanol–water partition coefficient (Wildman–Crippen LogP) is 3.03. The van der Waals surface area contributed by atoms with E-state index in [0.717, 1.165) is 19.6 Å². The standard InChI is InChI=1S/C14H25N3S.ClH/c1-10(15)11-5-6-17(7-11)8-12-9-18-13(16-12)14(2,3)4;/h9-11H,5-8,15H2,1-4H3;1H. The molecule has 1 aromatic heterocycles. The van der Waals surface area contributed by atoms with Crippen molar-refractivity contribution >= 4 is 23.7 Å². The van der Waals surface area contributed by atoms with Gasteiger partial charge >= 0.3 is 0 Å². The zero-order valence-corrected chi connectivity index (χ0v) is 14.0. The van der Waals surface area contributed by atoms with Crippen LogP contribution in [0.2, 0.25) is 0 Å². The monoisotopic (exact) mass is 303 g/mol. The fraction of sp³-hybridized carbons (Fsp3) is 0.786. The Morgan fingerprint density at radius 1 is 1.53 bits per heavy atom. The van der Waals surface area contributed by atoms with Crippen molar-refractivity contribution in [2.24, 2.45) is 11.7 Å². The molecule has 0 saturated carbocycles. The molecular weight excluding hydrogens is 278 g/mol. The number of halogens is 1. The van der Waals surface area contributed by atoms with Gasteiger partial charge < -0.3 is 5.73 Å². The van der Waals surface area contributed by atoms with Crippen LogP contribution >= 0.6 is 23.7 Å². The molecule has 110 valence electrons. The van der Waals surface area contributed by atoms with Gasteiger partial charge in [-0.2, -0.15) is 0 Å². The molecule has 0 bridgehead atoms. The van der Waals surface area contributed by atoms with Gasteiger partial charge in [0.15, 0.2) is 0 Å². The molecule has 1 aliphatic rings. The maximum Gasteiger partial charge on any atom is 0.0982 e. The van der Waals surface area contributed by atoms with Crippen LogP contribution in [0.4, 0.5) is 0 Å². The highest BCUT2D eigenvalue weighted by atomic mass is 35.5. The van der Waals surface area contributed by atoms with E-state index in [0.29, 0.717) is 12.0 Å². The normalized spacial score (nSPS) is 22.3. The van der Waals surface area contributed by atoms with Gasteiger partial charge in [0, 0.05) is 29.9 Å². The Labute approximate surface area is 127 Å². The third-order valence-electron chi connectivity index (χ3n) is 3.63. The van der Waals surface area contributed by atoms with Crippen LogP contribution in [0.25, 0.3) is 0 Å². The summed E-state index contributed by atoms with van der Waals surface area (Å²) in [6.45, 7) is 12.0. The molecule has 1 saturated heterocycles. The first-order valence-electron chi connectivity index (χ1n) is 6.79. The zero-order chi connectivity index (χ0) is 13.3. The van der Waals surface area contributed by atoms with Crippen molar-refractivity contribution < 1.29 is 0 Å². The SMILES string of the molecule is CC(N)C1CCN(Cc2csc(C(C)(C)C)n2)C1.Cl. The smallest absolute Gasteiger partial charge is 0.0982 e. The maximum absolute atomic E-state index is 5.97. The minimum atomic E-state index is 0. The Bertz CT molecular complexity index is 398. The average molecular weight is 304 g/mol. The second kappa shape index (κ2) is 6.53. The van der Waals surface area contributed by atoms with Crippen LogP contribution in [0.5, 0.6) is 0 Å². The molecule has 2 N–H and O–H groups in total. The van der Waals surface area contributed by atoms with Gasteiger partial charge in [0.1, 0.15) is 0 Å². The molecule has 0 spiro atoms. The fourth-order valence-electron chi connectivity index (χ4n) is 2.39. The molecule has 1 fully saturated rings. The van der Waals surface area contributed by atoms with Crippen LogP contribution < -0.4 is 5.73 Å². The highest BCUT2D eigenvalue weighted by molar-refractivity contribution is 7.09. The topological polar surface area (TPSA) is 42.1 Å². The van der Waals surface area contributed by atoms with Gasteiger partial charge in [-0.1, -0.05) is 20.8 Å². The van der Waals surface area contributed by atoms with Gasteiger partial charge in [0.05, 0.1) is 10.7 Å². The molecule has 2 unspecified atom stereocenters. The Morgan fingerprint density at radius 2 is 2.21 bits per heavy atom. The summed E-state index contributed by atoms with van der Waals surface area (Å²) in [6.07, 6.45) is 1.23. The van der Waals surface area contributed by atoms with Crippen LogP contribution in [0.1, 0.15) is 44.8 Å². The lowest BCUT2D eigenvalue weighted by molar-refractivity contribution is 0.305. The van der Waals surface area contributed by atoms with Crippen molar-refractivity contribution in [3.8, 4) is 0 Å². The van der Waals surface area contributed by atoms with Crippen molar-refractivity contribution in [2.75, 3.05) is 13.1 Å². The lowest BCUT2D eigenvalue weighted by Gasteiger charge is -2.17. The molecule has 2 rings (SSSR count). The second-order valence-corrected chi connectivity index (χ2v) is 7.40. The van der Waals surface area contributed by atoms with E-state index in [-0.39, 0.29) is 17.8 Å². The highest BCUT2D eigenvalue weighted by Gasteiger charge is 2.26. The Kier molecular flexibility index (Phi) is 5.80. The molecule has 0 aliphatic carbocycles. The van der Waals surface area contributed by atoms with E-state index >= 15 is 0 Å². The van der Waals surface area contributed by atoms with Gasteiger partial charge in [0.25, 0.3) is 0 Å². The number of thiazole rings is 1. The number of aromatic nitrogens is 1. The van der Waals surface area contributed by atoms with E-state index < -0.39 is 0 Å². The van der Waals surface area contributed by atoms with E-state index in [4.69, 9.17) is 10.7 Å². The van der Waals surface area contributed by atoms with E-state index in [1.165, 1.54) is 17.1 Å². The Hall–Kier alpha value is -0.160. The quantitative estimate of drug-likeness (QED) is 0.933. The predicted molar refractivity (Wildman–Crippen MR) is 85.1 cm³/mol. The van der Waals surface area contributed by atoms with Crippen LogP contribution in [-0.2, 0) is 12.0 Å². The van der Waals surface area contributed by atoms with Crippen molar-refractivity contribution in [3.63, 3.8) is 0 Å². The summed E-state index contributed by atoms with van der Waals surface area (Å²) in [6, 6.07) is 0.315. The number of hydrogen-bond donors (Lipinski definition) is 1. The number of likely N-dealkylation sites (tertiary alicyclic amines) is 1. The first kappa shape index (κ1) is 16.9. The lowest BCUT2D eigenvalue weighted by atomic mass is 9.98. The molecule has 0 radical (unpaired) electrons. The van der Waals surface area contributed by atoms with E-state index in [1.54, 1.807) is 11.3 Å². The van der Waals surface area contributed by atoms with Gasteiger partial charge in [0.2, 0.25) is 0 Å². The van der Waals surface area contributed by atoms with Gasteiger partial charge in [-0.05, 0) is 25.8 Å². The lowest BCUT2D eigenvalue weighted by Crippen LogP contribution is -2.29. The first-order valence-corrected chi connectivity index (χ1v) is 7.67. The van der Waals surface area contributed by atoms with Gasteiger partial charge in [-0.3, -0.25) is 4.90 Å². The van der Waals surface area contributed by atoms with Crippen molar-refractivity contribution in [1.29, 1.82) is 0 Å². The number of rotatable bonds is 3. The van der Waals surface area contributed by atoms with E-state index in [9.17, 15) is 0 Å². The molecule has 0 amide bonds. The summed E-state index contributed by atoms with van der Waals surface area (Å²) in [7, 11) is 0. The molecule has 1 aromatic rings. The van der Waals surface area contributed by atoms with Crippen LogP contribution in [0.15, 0.2) is 5.38 Å². The van der Waals surface area contributed by atoms with Crippen LogP contribution in [-0.4, -0.2) is 29.0 Å². The molecule has 1 aliphatic heterocycles. The maximum atomic E-state index is 5.97. The molecule has 0 aromatic carbocycles. The zero-order valence-electron chi connectivity index (χ0n) is 12.3. The number of nitrogens with two attached hydrogens (primary N) is 1. The van der Waals surface area contributed by atoms with Crippen molar-refractivity contribution in [3.05, 3.63) is 16.1 Å². The summed E-state index contributed by atoms with van der Waals surface area (Å²) in [4.78, 5) is 7.24. The van der Waals surface area contributed by atoms with Crippen molar-refractivity contribution in [2.45, 2.75) is 52.1 Å². The van der Waals surface area contributed by atoms with Gasteiger partial charge in [-0.25, -0.2) is 4.98 Å². The largest absolute Gasteiger partial charge is 0.328 e. The first-order chi connectivity index (χ1) is 8.36. The van der Waals surface area contributed by atoms with Crippen LogP contribution in [0, 0.1) is 5.92 Å². The molecule has 2 atom stereocenters. The minimum absolute atomic E-state index is 0. The summed E-state index contributed by atoms with van der Waals surface area (Å²) >= 11 is 1.78. The molecule has 3 nitrogen and oxygen atoms in total. The highest BCUT2D eigenvalue weighted by Crippen LogP contribution is 2.27. The van der Waals surface area contributed by atoms with E-state index in [1.807, 2.05) is 0 Å². The Morgan fingerprint density at radius 3 is 2.68 bits per heavy atom. The summed E-state index contributed by atoms with van der Waals surface area (Å²) < 4.78 is 0. The molecule has 19 heavy (non-hydrogen) atoms. The molecule has 5 heteroatoms. The average Bonchev–Trinajstić information content (AvgIpc) is 2.85. The minimum Gasteiger partial charge on any atom is -0.328 e. The molecule has 2 heterocycles. The third-order valence-corrected chi connectivity index (χ3v) is 4.95. The number of hydrogen-bond acceptors (Lipinski definition) is 4. The van der Waals surface area contributed by atoms with Crippen LogP contribution in [0.3, 0.4) is 0 Å².